The van der Waals surface area contributed by atoms with Gasteiger partial charge in [0, 0.05) is 9.92 Å². The summed E-state index contributed by atoms with van der Waals surface area (Å²) in [7, 11) is 0. The molecule has 1 heterocycles. The van der Waals surface area contributed by atoms with Gasteiger partial charge in [-0.15, -0.1) is 11.8 Å². The smallest absolute Gasteiger partial charge is 0.373 e. The summed E-state index contributed by atoms with van der Waals surface area (Å²) < 4.78 is 0. The number of carboxylic acids is 1. The maximum atomic E-state index is 11.1. The van der Waals surface area contributed by atoms with Gasteiger partial charge in [-0.2, -0.15) is 0 Å². The van der Waals surface area contributed by atoms with Gasteiger partial charge in [-0.1, -0.05) is 41.9 Å². The first-order valence-corrected chi connectivity index (χ1v) is 9.07. The van der Waals surface area contributed by atoms with Crippen molar-refractivity contribution in [2.75, 3.05) is 6.26 Å². The molecule has 0 radical (unpaired) electrons. The van der Waals surface area contributed by atoms with Gasteiger partial charge in [0.1, 0.15) is 5.03 Å². The largest absolute Gasteiger partial charge is 0.475 e. The highest BCUT2D eigenvalue weighted by atomic mass is 35.5. The van der Waals surface area contributed by atoms with Crippen LogP contribution in [-0.2, 0) is 6.42 Å². The van der Waals surface area contributed by atoms with Crippen LogP contribution in [0.25, 0.3) is 0 Å². The van der Waals surface area contributed by atoms with E-state index >= 15 is 0 Å². The highest BCUT2D eigenvalue weighted by molar-refractivity contribution is 8.02. The molecule has 116 valence electrons. The fraction of sp³-hybridized carbons (Fsp3) is 0.214. The molecule has 1 N–H and O–H groups in total. The zero-order valence-electron chi connectivity index (χ0n) is 11.8. The number of aromatic carboxylic acids is 1. The highest BCUT2D eigenvalue weighted by Crippen LogP contribution is 2.39. The second kappa shape index (κ2) is 7.55. The van der Waals surface area contributed by atoms with Crippen molar-refractivity contribution in [1.29, 1.82) is 0 Å². The van der Waals surface area contributed by atoms with Crippen molar-refractivity contribution in [3.63, 3.8) is 0 Å². The number of carbonyl (C=O) groups is 1. The molecule has 4 nitrogen and oxygen atoms in total. The number of aromatic nitrogens is 2. The van der Waals surface area contributed by atoms with Crippen molar-refractivity contribution < 1.29 is 9.90 Å². The molecule has 2 aromatic rings. The maximum absolute atomic E-state index is 11.1. The number of aryl methyl sites for hydroxylation is 1. The molecule has 0 atom stereocenters. The minimum Gasteiger partial charge on any atom is -0.475 e. The normalized spacial score (nSPS) is 10.7. The van der Waals surface area contributed by atoms with E-state index in [2.05, 4.69) is 9.97 Å². The van der Waals surface area contributed by atoms with E-state index in [1.807, 2.05) is 19.2 Å². The molecule has 0 aliphatic carbocycles. The molecule has 0 unspecified atom stereocenters. The van der Waals surface area contributed by atoms with Crippen molar-refractivity contribution in [2.45, 2.75) is 28.2 Å². The average molecular weight is 375 g/mol. The third kappa shape index (κ3) is 3.87. The molecule has 0 spiro atoms. The molecule has 0 aliphatic heterocycles. The molecule has 1 aromatic carbocycles. The quantitative estimate of drug-likeness (QED) is 0.591. The number of rotatable bonds is 5. The zero-order valence-corrected chi connectivity index (χ0v) is 14.9. The zero-order chi connectivity index (χ0) is 16.3. The predicted molar refractivity (Wildman–Crippen MR) is 90.7 cm³/mol. The highest BCUT2D eigenvalue weighted by Gasteiger charge is 2.18. The van der Waals surface area contributed by atoms with Crippen LogP contribution < -0.4 is 0 Å². The van der Waals surface area contributed by atoms with Crippen molar-refractivity contribution in [3.8, 4) is 0 Å². The molecule has 0 saturated carbocycles. The van der Waals surface area contributed by atoms with Gasteiger partial charge in [0.25, 0.3) is 0 Å². The number of hydrogen-bond donors (Lipinski definition) is 1. The van der Waals surface area contributed by atoms with Gasteiger partial charge in [-0.25, -0.2) is 14.8 Å². The van der Waals surface area contributed by atoms with Crippen LogP contribution in [0.4, 0.5) is 0 Å². The Labute approximate surface area is 146 Å². The molecule has 0 saturated heterocycles. The lowest BCUT2D eigenvalue weighted by Crippen LogP contribution is -2.09. The average Bonchev–Trinajstić information content (AvgIpc) is 2.49. The van der Waals surface area contributed by atoms with Crippen molar-refractivity contribution >= 4 is 52.7 Å². The van der Waals surface area contributed by atoms with E-state index in [-0.39, 0.29) is 5.82 Å². The molecular weight excluding hydrogens is 363 g/mol. The molecule has 22 heavy (non-hydrogen) atoms. The summed E-state index contributed by atoms with van der Waals surface area (Å²) >= 11 is 14.9. The minimum atomic E-state index is -1.13. The number of halogens is 2. The molecule has 0 fully saturated rings. The van der Waals surface area contributed by atoms with E-state index in [9.17, 15) is 4.79 Å². The molecule has 0 amide bonds. The van der Waals surface area contributed by atoms with E-state index in [1.54, 1.807) is 12.1 Å². The monoisotopic (exact) mass is 374 g/mol. The first-order valence-electron chi connectivity index (χ1n) is 6.27. The van der Waals surface area contributed by atoms with Crippen LogP contribution >= 0.6 is 46.7 Å². The third-order valence-corrected chi connectivity index (χ3v) is 5.41. The van der Waals surface area contributed by atoms with E-state index in [1.165, 1.54) is 23.5 Å². The Morgan fingerprint density at radius 3 is 2.59 bits per heavy atom. The molecule has 0 bridgehead atoms. The third-order valence-electron chi connectivity index (χ3n) is 2.73. The van der Waals surface area contributed by atoms with Gasteiger partial charge in [-0.3, -0.25) is 0 Å². The van der Waals surface area contributed by atoms with Gasteiger partial charge >= 0.3 is 5.97 Å². The Morgan fingerprint density at radius 1 is 1.32 bits per heavy atom. The summed E-state index contributed by atoms with van der Waals surface area (Å²) in [6.45, 7) is 1.92. The van der Waals surface area contributed by atoms with Gasteiger partial charge in [0.15, 0.2) is 0 Å². The summed E-state index contributed by atoms with van der Waals surface area (Å²) in [4.78, 5) is 21.0. The van der Waals surface area contributed by atoms with Crippen LogP contribution in [0.2, 0.25) is 10.0 Å². The fourth-order valence-corrected chi connectivity index (χ4v) is 4.05. The van der Waals surface area contributed by atoms with E-state index in [0.29, 0.717) is 27.2 Å². The van der Waals surface area contributed by atoms with Gasteiger partial charge in [0.2, 0.25) is 5.82 Å². The molecule has 0 aliphatic rings. The van der Waals surface area contributed by atoms with Crippen LogP contribution in [0.3, 0.4) is 0 Å². The van der Waals surface area contributed by atoms with Crippen LogP contribution in [0.15, 0.2) is 33.0 Å². The number of carboxylic acid groups (broad SMARTS) is 1. The molecular formula is C14H12Cl2N2O2S2. The molecule has 2 rings (SSSR count). The first-order chi connectivity index (χ1) is 10.5. The van der Waals surface area contributed by atoms with Crippen molar-refractivity contribution in [1.82, 2.24) is 9.97 Å². The Bertz CT molecular complexity index is 701. The lowest BCUT2D eigenvalue weighted by Gasteiger charge is -2.12. The summed E-state index contributed by atoms with van der Waals surface area (Å²) in [6, 6.07) is 5.25. The van der Waals surface area contributed by atoms with Crippen molar-refractivity contribution in [3.05, 3.63) is 39.8 Å². The molecule has 1 aromatic heterocycles. The van der Waals surface area contributed by atoms with Gasteiger partial charge in [0.05, 0.1) is 15.6 Å². The minimum absolute atomic E-state index is 0.187. The number of hydrogen-bond acceptors (Lipinski definition) is 5. The van der Waals surface area contributed by atoms with Crippen LogP contribution in [0.5, 0.6) is 0 Å². The van der Waals surface area contributed by atoms with E-state index in [4.69, 9.17) is 28.3 Å². The first kappa shape index (κ1) is 17.4. The summed E-state index contributed by atoms with van der Waals surface area (Å²) in [5, 5.41) is 10.8. The predicted octanol–water partition coefficient (Wildman–Crippen LogP) is 4.92. The van der Waals surface area contributed by atoms with E-state index in [0.717, 1.165) is 9.79 Å². The number of nitrogens with zero attached hydrogens (tertiary/aromatic N) is 2. The summed E-state index contributed by atoms with van der Waals surface area (Å²) in [6.07, 6.45) is 2.45. The van der Waals surface area contributed by atoms with Gasteiger partial charge in [-0.05, 0) is 30.9 Å². The topological polar surface area (TPSA) is 63.1 Å². The van der Waals surface area contributed by atoms with Gasteiger partial charge < -0.3 is 5.11 Å². The lowest BCUT2D eigenvalue weighted by molar-refractivity contribution is 0.0681. The number of thioether (sulfide) groups is 1. The Balaban J connectivity index is 2.51. The fourth-order valence-electron chi connectivity index (χ4n) is 1.72. The van der Waals surface area contributed by atoms with Crippen LogP contribution in [0, 0.1) is 0 Å². The molecule has 8 heteroatoms. The van der Waals surface area contributed by atoms with Crippen LogP contribution in [-0.4, -0.2) is 27.3 Å². The SMILES string of the molecule is CCc1nc(C(=O)O)nc(SC)c1Sc1ccc(Cl)cc1Cl. The second-order valence-corrected chi connectivity index (χ2v) is 6.86. The summed E-state index contributed by atoms with van der Waals surface area (Å²) in [5.74, 6) is -1.32. The Hall–Kier alpha value is -0.950. The Kier molecular flexibility index (Phi) is 5.97. The van der Waals surface area contributed by atoms with Crippen molar-refractivity contribution in [2.24, 2.45) is 0 Å². The van der Waals surface area contributed by atoms with Crippen LogP contribution in [0.1, 0.15) is 23.2 Å². The maximum Gasteiger partial charge on any atom is 0.373 e. The Morgan fingerprint density at radius 2 is 2.05 bits per heavy atom. The standard InChI is InChI=1S/C14H12Cl2N2O2S2/c1-3-9-11(13(21-2)18-12(17-9)14(19)20)22-10-5-4-7(15)6-8(10)16/h4-6H,3H2,1-2H3,(H,19,20). The lowest BCUT2D eigenvalue weighted by atomic mass is 10.3. The number of benzene rings is 1. The second-order valence-electron chi connectivity index (χ2n) is 4.17. The van der Waals surface area contributed by atoms with E-state index < -0.39 is 5.97 Å². The summed E-state index contributed by atoms with van der Waals surface area (Å²) in [5.41, 5.74) is 0.688.